The summed E-state index contributed by atoms with van der Waals surface area (Å²) in [5.74, 6) is 2.56. The molecule has 112 valence electrons. The van der Waals surface area contributed by atoms with Crippen molar-refractivity contribution in [1.29, 1.82) is 0 Å². The molecular weight excluding hydrogens is 248 g/mol. The molecular formula is C18H28O2. The van der Waals surface area contributed by atoms with E-state index in [-0.39, 0.29) is 12.1 Å². The third-order valence-corrected chi connectivity index (χ3v) is 6.23. The molecule has 2 nitrogen and oxygen atoms in total. The van der Waals surface area contributed by atoms with Gasteiger partial charge in [0.25, 0.3) is 0 Å². The van der Waals surface area contributed by atoms with Crippen molar-refractivity contribution < 1.29 is 9.53 Å². The molecule has 0 aliphatic heterocycles. The van der Waals surface area contributed by atoms with Gasteiger partial charge in [-0.3, -0.25) is 4.79 Å². The van der Waals surface area contributed by atoms with Gasteiger partial charge >= 0.3 is 5.97 Å². The van der Waals surface area contributed by atoms with Crippen molar-refractivity contribution in [2.45, 2.75) is 71.8 Å². The lowest BCUT2D eigenvalue weighted by Crippen LogP contribution is -2.44. The summed E-state index contributed by atoms with van der Waals surface area (Å²) >= 11 is 0. The Hall–Kier alpha value is -0.790. The van der Waals surface area contributed by atoms with Gasteiger partial charge in [-0.1, -0.05) is 31.9 Å². The number of ether oxygens (including phenoxy) is 1. The Labute approximate surface area is 123 Å². The molecule has 0 radical (unpaired) electrons. The van der Waals surface area contributed by atoms with Gasteiger partial charge in [0.05, 0.1) is 0 Å². The van der Waals surface area contributed by atoms with Crippen LogP contribution in [-0.4, -0.2) is 12.1 Å². The highest BCUT2D eigenvalue weighted by Crippen LogP contribution is 2.57. The van der Waals surface area contributed by atoms with Crippen molar-refractivity contribution in [3.63, 3.8) is 0 Å². The van der Waals surface area contributed by atoms with Crippen molar-refractivity contribution in [1.82, 2.24) is 0 Å². The number of esters is 1. The second-order valence-corrected chi connectivity index (χ2v) is 7.64. The Kier molecular flexibility index (Phi) is 3.68. The molecule has 0 N–H and O–H groups in total. The van der Waals surface area contributed by atoms with Crippen LogP contribution in [0.3, 0.4) is 0 Å². The van der Waals surface area contributed by atoms with E-state index in [2.05, 4.69) is 19.9 Å². The third kappa shape index (κ3) is 2.42. The zero-order valence-electron chi connectivity index (χ0n) is 13.2. The van der Waals surface area contributed by atoms with Crippen LogP contribution in [0.25, 0.3) is 0 Å². The number of hydrogen-bond acceptors (Lipinski definition) is 2. The van der Waals surface area contributed by atoms with Crippen LogP contribution in [0.2, 0.25) is 0 Å². The number of carbonyl (C=O) groups excluding carboxylic acids is 1. The monoisotopic (exact) mass is 276 g/mol. The predicted octanol–water partition coefficient (Wildman–Crippen LogP) is 4.49. The zero-order valence-corrected chi connectivity index (χ0v) is 13.2. The van der Waals surface area contributed by atoms with Gasteiger partial charge in [0.1, 0.15) is 6.10 Å². The van der Waals surface area contributed by atoms with Crippen molar-refractivity contribution in [3.05, 3.63) is 11.6 Å². The van der Waals surface area contributed by atoms with E-state index in [0.29, 0.717) is 5.41 Å². The molecule has 0 aromatic heterocycles. The number of fused-ring (bicyclic) bond motifs is 3. The van der Waals surface area contributed by atoms with Gasteiger partial charge in [-0.05, 0) is 55.3 Å². The fourth-order valence-electron chi connectivity index (χ4n) is 5.17. The molecule has 0 aromatic carbocycles. The van der Waals surface area contributed by atoms with Crippen molar-refractivity contribution in [3.8, 4) is 0 Å². The number of allylic oxidation sites excluding steroid dienone is 1. The fraction of sp³-hybridized carbons (Fsp3) is 0.833. The lowest BCUT2D eigenvalue weighted by atomic mass is 9.52. The van der Waals surface area contributed by atoms with Gasteiger partial charge in [-0.15, -0.1) is 0 Å². The van der Waals surface area contributed by atoms with Gasteiger partial charge in [0.15, 0.2) is 0 Å². The van der Waals surface area contributed by atoms with Gasteiger partial charge in [-0.2, -0.15) is 0 Å². The van der Waals surface area contributed by atoms with Gasteiger partial charge in [0, 0.05) is 13.3 Å². The maximum absolute atomic E-state index is 11.2. The van der Waals surface area contributed by atoms with Crippen LogP contribution in [0.5, 0.6) is 0 Å². The summed E-state index contributed by atoms with van der Waals surface area (Å²) in [6.45, 7) is 6.42. The van der Waals surface area contributed by atoms with Crippen molar-refractivity contribution in [2.24, 2.45) is 23.2 Å². The van der Waals surface area contributed by atoms with Crippen LogP contribution >= 0.6 is 0 Å². The van der Waals surface area contributed by atoms with Crippen molar-refractivity contribution in [2.75, 3.05) is 0 Å². The number of hydrogen-bond donors (Lipinski definition) is 0. The molecule has 20 heavy (non-hydrogen) atoms. The maximum Gasteiger partial charge on any atom is 0.302 e. The quantitative estimate of drug-likeness (QED) is 0.521. The molecule has 0 heterocycles. The van der Waals surface area contributed by atoms with E-state index in [9.17, 15) is 4.79 Å². The Morgan fingerprint density at radius 1 is 1.35 bits per heavy atom. The minimum absolute atomic E-state index is 0.126. The SMILES string of the molecule is CC(=O)OC1CCC2(C)C(=CCC3CC(C)CCC32)C1. The normalized spacial score (nSPS) is 44.0. The summed E-state index contributed by atoms with van der Waals surface area (Å²) in [6, 6.07) is 0. The molecule has 3 aliphatic carbocycles. The first-order chi connectivity index (χ1) is 9.49. The summed E-state index contributed by atoms with van der Waals surface area (Å²) in [4.78, 5) is 11.2. The standard InChI is InChI=1S/C18H28O2/c1-12-4-7-17-14(10-12)5-6-15-11-16(20-13(2)19)8-9-18(15,17)3/h6,12,14,16-17H,4-5,7-11H2,1-3H3. The van der Waals surface area contributed by atoms with Crippen LogP contribution in [0.15, 0.2) is 11.6 Å². The van der Waals surface area contributed by atoms with Crippen LogP contribution < -0.4 is 0 Å². The van der Waals surface area contributed by atoms with Crippen molar-refractivity contribution >= 4 is 5.97 Å². The molecule has 0 spiro atoms. The summed E-state index contributed by atoms with van der Waals surface area (Å²) in [5.41, 5.74) is 1.98. The summed E-state index contributed by atoms with van der Waals surface area (Å²) in [6.07, 6.45) is 11.3. The molecule has 5 atom stereocenters. The Bertz CT molecular complexity index is 425. The van der Waals surface area contributed by atoms with E-state index in [0.717, 1.165) is 30.6 Å². The molecule has 0 saturated heterocycles. The fourth-order valence-corrected chi connectivity index (χ4v) is 5.17. The molecule has 0 amide bonds. The average molecular weight is 276 g/mol. The van der Waals surface area contributed by atoms with E-state index in [4.69, 9.17) is 4.74 Å². The van der Waals surface area contributed by atoms with E-state index in [1.807, 2.05) is 0 Å². The maximum atomic E-state index is 11.2. The van der Waals surface area contributed by atoms with Gasteiger partial charge in [-0.25, -0.2) is 0 Å². The van der Waals surface area contributed by atoms with Gasteiger partial charge < -0.3 is 4.74 Å². The predicted molar refractivity (Wildman–Crippen MR) is 80.2 cm³/mol. The molecule has 2 saturated carbocycles. The lowest BCUT2D eigenvalue weighted by molar-refractivity contribution is -0.148. The number of carbonyl (C=O) groups is 1. The van der Waals surface area contributed by atoms with Crippen LogP contribution in [0, 0.1) is 23.2 Å². The van der Waals surface area contributed by atoms with E-state index in [1.54, 1.807) is 5.57 Å². The first-order valence-electron chi connectivity index (χ1n) is 8.36. The largest absolute Gasteiger partial charge is 0.462 e. The average Bonchev–Trinajstić information content (AvgIpc) is 2.38. The molecule has 3 aliphatic rings. The molecule has 2 fully saturated rings. The summed E-state index contributed by atoms with van der Waals surface area (Å²) in [5, 5.41) is 0. The van der Waals surface area contributed by atoms with E-state index >= 15 is 0 Å². The highest BCUT2D eigenvalue weighted by molar-refractivity contribution is 5.66. The lowest BCUT2D eigenvalue weighted by Gasteiger charge is -2.53. The Morgan fingerprint density at radius 2 is 2.15 bits per heavy atom. The zero-order chi connectivity index (χ0) is 14.3. The van der Waals surface area contributed by atoms with Gasteiger partial charge in [0.2, 0.25) is 0 Å². The highest BCUT2D eigenvalue weighted by atomic mass is 16.5. The smallest absolute Gasteiger partial charge is 0.302 e. The minimum Gasteiger partial charge on any atom is -0.462 e. The molecule has 5 unspecified atom stereocenters. The molecule has 2 heteroatoms. The first kappa shape index (κ1) is 14.2. The van der Waals surface area contributed by atoms with Crippen LogP contribution in [0.4, 0.5) is 0 Å². The topological polar surface area (TPSA) is 26.3 Å². The third-order valence-electron chi connectivity index (χ3n) is 6.23. The second kappa shape index (κ2) is 5.20. The number of rotatable bonds is 1. The minimum atomic E-state index is -0.126. The summed E-state index contributed by atoms with van der Waals surface area (Å²) < 4.78 is 5.46. The van der Waals surface area contributed by atoms with E-state index in [1.165, 1.54) is 39.0 Å². The first-order valence-corrected chi connectivity index (χ1v) is 8.36. The summed E-state index contributed by atoms with van der Waals surface area (Å²) in [7, 11) is 0. The second-order valence-electron chi connectivity index (χ2n) is 7.64. The van der Waals surface area contributed by atoms with E-state index < -0.39 is 0 Å². The molecule has 0 bridgehead atoms. The molecule has 3 rings (SSSR count). The Balaban J connectivity index is 1.77. The molecule has 0 aromatic rings. The van der Waals surface area contributed by atoms with Crippen LogP contribution in [0.1, 0.15) is 65.7 Å². The highest BCUT2D eigenvalue weighted by Gasteiger charge is 2.48. The van der Waals surface area contributed by atoms with Crippen LogP contribution in [-0.2, 0) is 9.53 Å². The Morgan fingerprint density at radius 3 is 2.90 bits per heavy atom.